The Hall–Kier alpha value is -1.63. The molecule has 2 aromatic rings. The van der Waals surface area contributed by atoms with Crippen molar-refractivity contribution < 1.29 is 18.3 Å². The number of fused-ring (bicyclic) bond motifs is 1. The van der Waals surface area contributed by atoms with E-state index in [1.165, 1.54) is 23.9 Å². The smallest absolute Gasteiger partial charge is 0.390 e. The molecule has 0 saturated carbocycles. The van der Waals surface area contributed by atoms with E-state index in [1.54, 1.807) is 0 Å². The van der Waals surface area contributed by atoms with Gasteiger partial charge in [0.2, 0.25) is 0 Å². The van der Waals surface area contributed by atoms with Crippen LogP contribution in [0.25, 0.3) is 11.2 Å². The minimum Gasteiger partial charge on any atom is -0.390 e. The average molecular weight is 273 g/mol. The van der Waals surface area contributed by atoms with Crippen LogP contribution in [0.1, 0.15) is 25.2 Å². The van der Waals surface area contributed by atoms with Crippen molar-refractivity contribution in [3.8, 4) is 0 Å². The summed E-state index contributed by atoms with van der Waals surface area (Å²) < 4.78 is 40.6. The third kappa shape index (κ3) is 2.07. The standard InChI is InChI=1S/C12H14F3N3O/c1-11(2,12(13,14)15)9-4-8-10(18(9)3)17-7(6-19)5-16-8/h4-5,19H,6H2,1-3H3. The second kappa shape index (κ2) is 4.19. The molecule has 0 amide bonds. The molecule has 0 saturated heterocycles. The number of rotatable bonds is 2. The van der Waals surface area contributed by atoms with Crippen molar-refractivity contribution in [1.82, 2.24) is 14.5 Å². The highest BCUT2D eigenvalue weighted by atomic mass is 19.4. The van der Waals surface area contributed by atoms with Gasteiger partial charge < -0.3 is 9.67 Å². The van der Waals surface area contributed by atoms with Crippen LogP contribution in [0.4, 0.5) is 13.2 Å². The van der Waals surface area contributed by atoms with Crippen molar-refractivity contribution in [3.63, 3.8) is 0 Å². The second-order valence-corrected chi connectivity index (χ2v) is 4.94. The van der Waals surface area contributed by atoms with Gasteiger partial charge in [-0.3, -0.25) is 4.98 Å². The molecule has 0 radical (unpaired) electrons. The molecule has 0 fully saturated rings. The maximum Gasteiger partial charge on any atom is 0.399 e. The average Bonchev–Trinajstić information content (AvgIpc) is 2.65. The number of alkyl halides is 3. The largest absolute Gasteiger partial charge is 0.399 e. The molecular formula is C12H14F3N3O. The molecule has 0 aliphatic rings. The summed E-state index contributed by atoms with van der Waals surface area (Å²) in [6, 6.07) is 1.39. The lowest BCUT2D eigenvalue weighted by molar-refractivity contribution is -0.181. The van der Waals surface area contributed by atoms with E-state index in [0.717, 1.165) is 13.8 Å². The van der Waals surface area contributed by atoms with E-state index in [4.69, 9.17) is 5.11 Å². The second-order valence-electron chi connectivity index (χ2n) is 4.94. The molecule has 104 valence electrons. The molecule has 19 heavy (non-hydrogen) atoms. The van der Waals surface area contributed by atoms with Gasteiger partial charge in [-0.05, 0) is 19.9 Å². The number of aryl methyl sites for hydroxylation is 1. The van der Waals surface area contributed by atoms with Gasteiger partial charge in [-0.1, -0.05) is 0 Å². The van der Waals surface area contributed by atoms with E-state index >= 15 is 0 Å². The molecule has 0 aliphatic carbocycles. The van der Waals surface area contributed by atoms with Crippen LogP contribution in [0.2, 0.25) is 0 Å². The number of halogens is 3. The van der Waals surface area contributed by atoms with E-state index in [0.29, 0.717) is 16.9 Å². The minimum absolute atomic E-state index is 0.0880. The first-order valence-corrected chi connectivity index (χ1v) is 5.68. The predicted octanol–water partition coefficient (Wildman–Crippen LogP) is 2.30. The first-order chi connectivity index (χ1) is 8.68. The van der Waals surface area contributed by atoms with Crippen LogP contribution in [0, 0.1) is 0 Å². The van der Waals surface area contributed by atoms with Crippen LogP contribution in [0.5, 0.6) is 0 Å². The Balaban J connectivity index is 2.67. The molecule has 1 N–H and O–H groups in total. The van der Waals surface area contributed by atoms with Gasteiger partial charge >= 0.3 is 6.18 Å². The molecule has 0 aromatic carbocycles. The molecule has 2 rings (SSSR count). The number of nitrogens with zero attached hydrogens (tertiary/aromatic N) is 3. The fourth-order valence-electron chi connectivity index (χ4n) is 1.93. The van der Waals surface area contributed by atoms with Gasteiger partial charge in [0.1, 0.15) is 10.9 Å². The zero-order chi connectivity index (χ0) is 14.4. The van der Waals surface area contributed by atoms with E-state index in [-0.39, 0.29) is 12.3 Å². The summed E-state index contributed by atoms with van der Waals surface area (Å²) >= 11 is 0. The van der Waals surface area contributed by atoms with Crippen molar-refractivity contribution in [3.05, 3.63) is 23.7 Å². The molecule has 0 atom stereocenters. The van der Waals surface area contributed by atoms with Gasteiger partial charge in [0.25, 0.3) is 0 Å². The van der Waals surface area contributed by atoms with Crippen LogP contribution >= 0.6 is 0 Å². The fourth-order valence-corrected chi connectivity index (χ4v) is 1.93. The SMILES string of the molecule is Cn1c(C(C)(C)C(F)(F)F)cc2ncc(CO)nc21. The highest BCUT2D eigenvalue weighted by Gasteiger charge is 2.50. The third-order valence-corrected chi connectivity index (χ3v) is 3.29. The highest BCUT2D eigenvalue weighted by Crippen LogP contribution is 2.41. The number of aliphatic hydroxyl groups is 1. The molecule has 0 bridgehead atoms. The van der Waals surface area contributed by atoms with Crippen molar-refractivity contribution in [2.24, 2.45) is 7.05 Å². The molecule has 0 aliphatic heterocycles. The molecule has 2 heterocycles. The highest BCUT2D eigenvalue weighted by molar-refractivity contribution is 5.73. The molecule has 7 heteroatoms. The van der Waals surface area contributed by atoms with Crippen molar-refractivity contribution in [2.75, 3.05) is 0 Å². The maximum absolute atomic E-state index is 13.1. The number of hydrogen-bond donors (Lipinski definition) is 1. The topological polar surface area (TPSA) is 50.9 Å². The lowest BCUT2D eigenvalue weighted by Crippen LogP contribution is -2.37. The predicted molar refractivity (Wildman–Crippen MR) is 63.5 cm³/mol. The van der Waals surface area contributed by atoms with Crippen LogP contribution in [0.3, 0.4) is 0 Å². The van der Waals surface area contributed by atoms with E-state index in [1.807, 2.05) is 0 Å². The quantitative estimate of drug-likeness (QED) is 0.913. The van der Waals surface area contributed by atoms with Gasteiger partial charge in [0.05, 0.1) is 18.5 Å². The Bertz CT molecular complexity index is 616. The van der Waals surface area contributed by atoms with Crippen molar-refractivity contribution in [1.29, 1.82) is 0 Å². The molecule has 0 spiro atoms. The van der Waals surface area contributed by atoms with Crippen LogP contribution < -0.4 is 0 Å². The first-order valence-electron chi connectivity index (χ1n) is 5.68. The minimum atomic E-state index is -4.37. The molecule has 2 aromatic heterocycles. The Morgan fingerprint density at radius 2 is 1.95 bits per heavy atom. The Morgan fingerprint density at radius 3 is 2.47 bits per heavy atom. The third-order valence-electron chi connectivity index (χ3n) is 3.29. The summed E-state index contributed by atoms with van der Waals surface area (Å²) in [4.78, 5) is 8.11. The summed E-state index contributed by atoms with van der Waals surface area (Å²) in [6.45, 7) is 1.94. The fraction of sp³-hybridized carbons (Fsp3) is 0.500. The van der Waals surface area contributed by atoms with Gasteiger partial charge in [0.15, 0.2) is 5.65 Å². The van der Waals surface area contributed by atoms with Crippen LogP contribution in [0.15, 0.2) is 12.3 Å². The zero-order valence-corrected chi connectivity index (χ0v) is 10.8. The van der Waals surface area contributed by atoms with E-state index in [2.05, 4.69) is 9.97 Å². The Kier molecular flexibility index (Phi) is 3.04. The Labute approximate surface area is 107 Å². The van der Waals surface area contributed by atoms with Gasteiger partial charge in [0, 0.05) is 12.7 Å². The molecule has 0 unspecified atom stereocenters. The summed E-state index contributed by atoms with van der Waals surface area (Å²) in [5.41, 5.74) is -0.871. The van der Waals surface area contributed by atoms with Crippen LogP contribution in [-0.2, 0) is 19.1 Å². The number of aromatic nitrogens is 3. The van der Waals surface area contributed by atoms with Gasteiger partial charge in [-0.25, -0.2) is 4.98 Å². The van der Waals surface area contributed by atoms with Gasteiger partial charge in [-0.15, -0.1) is 0 Å². The summed E-state index contributed by atoms with van der Waals surface area (Å²) in [6.07, 6.45) is -3.01. The van der Waals surface area contributed by atoms with E-state index < -0.39 is 11.6 Å². The Morgan fingerprint density at radius 1 is 1.32 bits per heavy atom. The summed E-state index contributed by atoms with van der Waals surface area (Å²) in [5, 5.41) is 8.99. The summed E-state index contributed by atoms with van der Waals surface area (Å²) in [7, 11) is 1.51. The summed E-state index contributed by atoms with van der Waals surface area (Å²) in [5.74, 6) is 0. The monoisotopic (exact) mass is 273 g/mol. The molecular weight excluding hydrogens is 259 g/mol. The maximum atomic E-state index is 13.1. The number of hydrogen-bond acceptors (Lipinski definition) is 3. The van der Waals surface area contributed by atoms with E-state index in [9.17, 15) is 13.2 Å². The van der Waals surface area contributed by atoms with Crippen molar-refractivity contribution >= 4 is 11.2 Å². The normalized spacial score (nSPS) is 13.2. The number of aliphatic hydroxyl groups excluding tert-OH is 1. The lowest BCUT2D eigenvalue weighted by atomic mass is 9.88. The van der Waals surface area contributed by atoms with Crippen LogP contribution in [-0.4, -0.2) is 25.8 Å². The molecule has 4 nitrogen and oxygen atoms in total. The van der Waals surface area contributed by atoms with Gasteiger partial charge in [-0.2, -0.15) is 13.2 Å². The first kappa shape index (κ1) is 13.8. The zero-order valence-electron chi connectivity index (χ0n) is 10.8. The van der Waals surface area contributed by atoms with Crippen molar-refractivity contribution in [2.45, 2.75) is 32.0 Å². The lowest BCUT2D eigenvalue weighted by Gasteiger charge is -2.28.